The molecule has 0 spiro atoms. The number of rotatable bonds is 24. The number of amides is 1. The number of phosphoric ester groups is 1. The Balaban J connectivity index is 3.77. The number of hydrogen-bond donors (Lipinski definition) is 3. The number of nitrogens with one attached hydrogen (secondary N) is 1. The molecule has 41 heavy (non-hydrogen) atoms. The molecule has 230 valence electrons. The smallest absolute Gasteiger partial charge is 0.463 e. The third kappa shape index (κ3) is 30.0. The summed E-state index contributed by atoms with van der Waals surface area (Å²) in [5.41, 5.74) is 0. The molecule has 3 N–H and O–H groups in total. The van der Waals surface area contributed by atoms with Crippen LogP contribution < -0.4 is 5.32 Å². The van der Waals surface area contributed by atoms with Crippen LogP contribution in [0.25, 0.3) is 0 Å². The number of aliphatic hydroxyl groups is 1. The molecule has 0 radical (unpaired) electrons. The normalized spacial score (nSPS) is 14.9. The topological polar surface area (TPSA) is 131 Å². The molecule has 2 atom stereocenters. The average molecular weight is 594 g/mol. The Morgan fingerprint density at radius 3 is 1.61 bits per heavy atom. The predicted molar refractivity (Wildman–Crippen MR) is 164 cm³/mol. The number of esters is 1. The van der Waals surface area contributed by atoms with Crippen molar-refractivity contribution < 1.29 is 37.9 Å². The van der Waals surface area contributed by atoms with Gasteiger partial charge in [-0.3, -0.25) is 18.6 Å². The number of ether oxygens (including phenoxy) is 1. The molecule has 10 heteroatoms. The summed E-state index contributed by atoms with van der Waals surface area (Å²) in [6.45, 7) is 2.17. The molecule has 0 bridgehead atoms. The Morgan fingerprint density at radius 1 is 0.732 bits per heavy atom. The first-order valence-corrected chi connectivity index (χ1v) is 15.5. The van der Waals surface area contributed by atoms with Crippen LogP contribution >= 0.6 is 7.82 Å². The second-order valence-corrected chi connectivity index (χ2v) is 10.2. The fraction of sp³-hybridized carbons (Fsp3) is 0.484. The summed E-state index contributed by atoms with van der Waals surface area (Å²) in [6, 6.07) is 0. The van der Waals surface area contributed by atoms with Crippen LogP contribution in [0.1, 0.15) is 65.2 Å². The first-order chi connectivity index (χ1) is 19.8. The van der Waals surface area contributed by atoms with Crippen LogP contribution in [0.2, 0.25) is 0 Å². The van der Waals surface area contributed by atoms with E-state index in [1.807, 2.05) is 12.2 Å². The Labute approximate surface area is 245 Å². The van der Waals surface area contributed by atoms with Gasteiger partial charge in [-0.15, -0.1) is 0 Å². The number of allylic oxidation sites excluding steroid dienone is 13. The van der Waals surface area contributed by atoms with Crippen molar-refractivity contribution in [1.29, 1.82) is 0 Å². The predicted octanol–water partition coefficient (Wildman–Crippen LogP) is 6.19. The Morgan fingerprint density at radius 2 is 1.17 bits per heavy atom. The molecule has 0 aromatic heterocycles. The van der Waals surface area contributed by atoms with Crippen molar-refractivity contribution in [3.63, 3.8) is 0 Å². The van der Waals surface area contributed by atoms with Gasteiger partial charge in [0.25, 0.3) is 0 Å². The lowest BCUT2D eigenvalue weighted by atomic mass is 10.2. The quantitative estimate of drug-likeness (QED) is 0.0522. The van der Waals surface area contributed by atoms with E-state index in [4.69, 9.17) is 4.52 Å². The van der Waals surface area contributed by atoms with Gasteiger partial charge in [0.05, 0.1) is 13.2 Å². The van der Waals surface area contributed by atoms with Crippen molar-refractivity contribution in [1.82, 2.24) is 5.32 Å². The molecular formula is C31H48NO8P. The monoisotopic (exact) mass is 593 g/mol. The molecule has 1 amide bonds. The van der Waals surface area contributed by atoms with E-state index in [2.05, 4.69) is 88.3 Å². The summed E-state index contributed by atoms with van der Waals surface area (Å²) in [7, 11) is -4.40. The summed E-state index contributed by atoms with van der Waals surface area (Å²) in [5, 5.41) is 12.1. The third-order valence-electron chi connectivity index (χ3n) is 4.93. The molecule has 0 heterocycles. The standard InChI is InChI=1S/C31H48NO8P/c1-3-4-5-6-7-8-9-10-11-12-13-14-15-16-17-18-19-20-21-22-23-24-31(35)32-25-26-39-41(36,37)40-28-30(34)27-38-29(2)33/h4-5,7-8,10-11,13-14,16-17,19-20,22-23,30,34H,3,6,9,12,15,18,21,24-28H2,1-2H3,(H,32,35)(H,36,37)/b5-4-,8-7-,11-10-,14-13-,17-16-,20-19-,23-22-. The highest BCUT2D eigenvalue weighted by atomic mass is 31.2. The molecule has 0 rings (SSSR count). The molecule has 2 unspecified atom stereocenters. The van der Waals surface area contributed by atoms with Crippen LogP contribution in [0.15, 0.2) is 85.1 Å². The highest BCUT2D eigenvalue weighted by Gasteiger charge is 2.23. The lowest BCUT2D eigenvalue weighted by Gasteiger charge is -2.15. The third-order valence-corrected chi connectivity index (χ3v) is 5.91. The lowest BCUT2D eigenvalue weighted by molar-refractivity contribution is -0.144. The van der Waals surface area contributed by atoms with Gasteiger partial charge < -0.3 is 20.1 Å². The SMILES string of the molecule is CC/C=C\C/C=C\C/C=C\C/C=C\C/C=C\C/C=C\C/C=C\CC(=O)NCCOP(=O)(O)OCC(O)COC(C)=O. The van der Waals surface area contributed by atoms with Crippen molar-refractivity contribution in [2.24, 2.45) is 0 Å². The first kappa shape index (κ1) is 38.2. The van der Waals surface area contributed by atoms with Gasteiger partial charge in [-0.25, -0.2) is 4.57 Å². The highest BCUT2D eigenvalue weighted by molar-refractivity contribution is 7.47. The van der Waals surface area contributed by atoms with E-state index < -0.39 is 26.5 Å². The molecule has 0 aliphatic heterocycles. The zero-order chi connectivity index (χ0) is 30.4. The second-order valence-electron chi connectivity index (χ2n) is 8.73. The van der Waals surface area contributed by atoms with E-state index in [0.717, 1.165) is 44.9 Å². The van der Waals surface area contributed by atoms with Gasteiger partial charge in [-0.1, -0.05) is 92.0 Å². The summed E-state index contributed by atoms with van der Waals surface area (Å²) in [6.07, 6.45) is 34.9. The zero-order valence-corrected chi connectivity index (χ0v) is 25.3. The maximum atomic E-state index is 11.8. The van der Waals surface area contributed by atoms with Crippen molar-refractivity contribution in [3.8, 4) is 0 Å². The zero-order valence-electron chi connectivity index (χ0n) is 24.4. The van der Waals surface area contributed by atoms with Crippen LogP contribution in [-0.4, -0.2) is 54.3 Å². The Kier molecular flexibility index (Phi) is 25.5. The Bertz CT molecular complexity index is 950. The van der Waals surface area contributed by atoms with Gasteiger partial charge in [-0.05, 0) is 44.9 Å². The van der Waals surface area contributed by atoms with Crippen molar-refractivity contribution >= 4 is 19.7 Å². The van der Waals surface area contributed by atoms with Crippen molar-refractivity contribution in [3.05, 3.63) is 85.1 Å². The molecule has 0 aromatic rings. The summed E-state index contributed by atoms with van der Waals surface area (Å²) >= 11 is 0. The van der Waals surface area contributed by atoms with Crippen molar-refractivity contribution in [2.45, 2.75) is 71.3 Å². The van der Waals surface area contributed by atoms with Gasteiger partial charge in [0.15, 0.2) is 0 Å². The average Bonchev–Trinajstić information content (AvgIpc) is 2.94. The Hall–Kier alpha value is -2.81. The largest absolute Gasteiger partial charge is 0.472 e. The number of phosphoric acid groups is 1. The van der Waals surface area contributed by atoms with Crippen LogP contribution in [0, 0.1) is 0 Å². The number of aliphatic hydroxyl groups excluding tert-OH is 1. The van der Waals surface area contributed by atoms with Gasteiger partial charge >= 0.3 is 13.8 Å². The van der Waals surface area contributed by atoms with E-state index in [9.17, 15) is 24.2 Å². The van der Waals surface area contributed by atoms with E-state index in [1.54, 1.807) is 6.08 Å². The number of hydrogen-bond acceptors (Lipinski definition) is 7. The fourth-order valence-corrected chi connectivity index (χ4v) is 3.64. The molecular weight excluding hydrogens is 545 g/mol. The van der Waals surface area contributed by atoms with E-state index in [1.165, 1.54) is 6.92 Å². The minimum absolute atomic E-state index is 0.0176. The number of carbonyl (C=O) groups excluding carboxylic acids is 2. The fourth-order valence-electron chi connectivity index (χ4n) is 2.89. The van der Waals surface area contributed by atoms with Crippen LogP contribution in [0.5, 0.6) is 0 Å². The summed E-state index contributed by atoms with van der Waals surface area (Å²) in [4.78, 5) is 32.0. The molecule has 0 saturated carbocycles. The van der Waals surface area contributed by atoms with E-state index in [0.29, 0.717) is 0 Å². The van der Waals surface area contributed by atoms with Crippen molar-refractivity contribution in [2.75, 3.05) is 26.4 Å². The minimum Gasteiger partial charge on any atom is -0.463 e. The second kappa shape index (κ2) is 27.4. The van der Waals surface area contributed by atoms with Crippen LogP contribution in [-0.2, 0) is 27.9 Å². The molecule has 0 aromatic carbocycles. The van der Waals surface area contributed by atoms with Gasteiger partial charge in [0.2, 0.25) is 5.91 Å². The molecule has 0 fully saturated rings. The summed E-state index contributed by atoms with van der Waals surface area (Å²) < 4.78 is 25.6. The maximum Gasteiger partial charge on any atom is 0.472 e. The minimum atomic E-state index is -4.40. The lowest BCUT2D eigenvalue weighted by Crippen LogP contribution is -2.26. The van der Waals surface area contributed by atoms with Gasteiger partial charge in [0.1, 0.15) is 12.7 Å². The van der Waals surface area contributed by atoms with E-state index in [-0.39, 0.29) is 32.1 Å². The number of carbonyl (C=O) groups is 2. The van der Waals surface area contributed by atoms with Crippen LogP contribution in [0.4, 0.5) is 0 Å². The maximum absolute atomic E-state index is 11.8. The molecule has 0 saturated heterocycles. The highest BCUT2D eigenvalue weighted by Crippen LogP contribution is 2.42. The summed E-state index contributed by atoms with van der Waals surface area (Å²) in [5.74, 6) is -0.843. The van der Waals surface area contributed by atoms with E-state index >= 15 is 0 Å². The first-order valence-electron chi connectivity index (χ1n) is 14.0. The van der Waals surface area contributed by atoms with Gasteiger partial charge in [-0.2, -0.15) is 0 Å². The molecule has 0 aliphatic rings. The molecule has 0 aliphatic carbocycles. The van der Waals surface area contributed by atoms with Gasteiger partial charge in [0, 0.05) is 19.9 Å². The molecule has 9 nitrogen and oxygen atoms in total. The van der Waals surface area contributed by atoms with Crippen LogP contribution in [0.3, 0.4) is 0 Å².